The number of hydrogen-bond acceptors (Lipinski definition) is 3. The van der Waals surface area contributed by atoms with Crippen molar-refractivity contribution in [3.8, 4) is 0 Å². The Balaban J connectivity index is 1.72. The number of aromatic nitrogens is 1. The minimum Gasteiger partial charge on any atom is -0.350 e. The maximum atomic E-state index is 12.3. The number of nitrogens with one attached hydrogen (secondary N) is 1. The Labute approximate surface area is 164 Å². The number of nitrogens with zero attached hydrogens (tertiary/aromatic N) is 2. The fourth-order valence-corrected chi connectivity index (χ4v) is 2.96. The van der Waals surface area contributed by atoms with Gasteiger partial charge < -0.3 is 10.2 Å². The van der Waals surface area contributed by atoms with Gasteiger partial charge >= 0.3 is 0 Å². The molecule has 0 radical (unpaired) electrons. The van der Waals surface area contributed by atoms with Crippen LogP contribution in [0, 0.1) is 0 Å². The van der Waals surface area contributed by atoms with E-state index in [-0.39, 0.29) is 5.91 Å². The van der Waals surface area contributed by atoms with Crippen LogP contribution in [0.3, 0.4) is 0 Å². The first-order chi connectivity index (χ1) is 13.0. The van der Waals surface area contributed by atoms with Crippen molar-refractivity contribution >= 4 is 29.0 Å². The Kier molecular flexibility index (Phi) is 6.09. The Morgan fingerprint density at radius 3 is 2.48 bits per heavy atom. The van der Waals surface area contributed by atoms with Crippen molar-refractivity contribution in [3.05, 3.63) is 89.1 Å². The number of amides is 1. The van der Waals surface area contributed by atoms with Crippen molar-refractivity contribution in [1.29, 1.82) is 0 Å². The third kappa shape index (κ3) is 5.08. The molecule has 0 saturated heterocycles. The second-order valence-electron chi connectivity index (χ2n) is 6.58. The van der Waals surface area contributed by atoms with E-state index < -0.39 is 0 Å². The number of carbonyl (C=O) groups is 1. The lowest BCUT2D eigenvalue weighted by molar-refractivity contribution is 0.102. The summed E-state index contributed by atoms with van der Waals surface area (Å²) in [6.45, 7) is 5.05. The minimum absolute atomic E-state index is 0.211. The first-order valence-corrected chi connectivity index (χ1v) is 9.24. The summed E-state index contributed by atoms with van der Waals surface area (Å²) in [7, 11) is 0. The first-order valence-electron chi connectivity index (χ1n) is 8.86. The minimum atomic E-state index is -0.211. The molecule has 0 aliphatic carbocycles. The van der Waals surface area contributed by atoms with Crippen LogP contribution in [0.25, 0.3) is 0 Å². The summed E-state index contributed by atoms with van der Waals surface area (Å²) >= 11 is 5.95. The van der Waals surface area contributed by atoms with E-state index in [1.807, 2.05) is 30.3 Å². The van der Waals surface area contributed by atoms with Gasteiger partial charge in [0.15, 0.2) is 0 Å². The maximum absolute atomic E-state index is 12.3. The van der Waals surface area contributed by atoms with Crippen LogP contribution in [0.5, 0.6) is 0 Å². The molecule has 138 valence electrons. The predicted octanol–water partition coefficient (Wildman–Crippen LogP) is 5.40. The Hall–Kier alpha value is -2.85. The number of hydrogen-bond donors (Lipinski definition) is 1. The first kappa shape index (κ1) is 18.9. The second kappa shape index (κ2) is 8.69. The fraction of sp³-hybridized carbons (Fsp3) is 0.182. The van der Waals surface area contributed by atoms with E-state index in [4.69, 9.17) is 11.6 Å². The lowest BCUT2D eigenvalue weighted by atomic mass is 10.2. The predicted molar refractivity (Wildman–Crippen MR) is 111 cm³/mol. The van der Waals surface area contributed by atoms with Crippen molar-refractivity contribution in [2.75, 3.05) is 10.2 Å². The Morgan fingerprint density at radius 2 is 1.85 bits per heavy atom. The zero-order chi connectivity index (χ0) is 19.2. The van der Waals surface area contributed by atoms with Crippen LogP contribution >= 0.6 is 11.6 Å². The molecule has 0 fully saturated rings. The second-order valence-corrected chi connectivity index (χ2v) is 7.01. The van der Waals surface area contributed by atoms with Crippen LogP contribution in [-0.4, -0.2) is 16.9 Å². The number of rotatable bonds is 6. The van der Waals surface area contributed by atoms with Gasteiger partial charge in [0, 0.05) is 23.2 Å². The monoisotopic (exact) mass is 379 g/mol. The zero-order valence-corrected chi connectivity index (χ0v) is 16.1. The van der Waals surface area contributed by atoms with Crippen LogP contribution in [0.2, 0.25) is 5.02 Å². The lowest BCUT2D eigenvalue weighted by Crippen LogP contribution is -2.30. The Morgan fingerprint density at radius 1 is 1.07 bits per heavy atom. The quantitative estimate of drug-likeness (QED) is 0.623. The molecule has 3 aromatic rings. The van der Waals surface area contributed by atoms with Gasteiger partial charge in [0.25, 0.3) is 5.91 Å². The van der Waals surface area contributed by atoms with E-state index in [1.54, 1.807) is 30.5 Å². The number of halogens is 1. The van der Waals surface area contributed by atoms with Gasteiger partial charge in [-0.15, -0.1) is 0 Å². The molecule has 0 spiro atoms. The van der Waals surface area contributed by atoms with E-state index in [0.29, 0.717) is 22.3 Å². The van der Waals surface area contributed by atoms with E-state index in [9.17, 15) is 4.79 Å². The average molecular weight is 380 g/mol. The number of anilines is 2. The van der Waals surface area contributed by atoms with Gasteiger partial charge in [-0.2, -0.15) is 0 Å². The lowest BCUT2D eigenvalue weighted by Gasteiger charge is -2.28. The molecule has 0 aliphatic heterocycles. The highest BCUT2D eigenvalue weighted by atomic mass is 35.5. The smallest absolute Gasteiger partial charge is 0.255 e. The van der Waals surface area contributed by atoms with Crippen LogP contribution in [0.4, 0.5) is 11.5 Å². The molecule has 1 heterocycles. The summed E-state index contributed by atoms with van der Waals surface area (Å²) in [5, 5.41) is 3.38. The molecule has 0 saturated carbocycles. The highest BCUT2D eigenvalue weighted by Gasteiger charge is 2.13. The summed E-state index contributed by atoms with van der Waals surface area (Å²) in [4.78, 5) is 19.1. The Bertz CT molecular complexity index is 895. The van der Waals surface area contributed by atoms with Crippen LogP contribution in [0.15, 0.2) is 72.9 Å². The molecule has 0 aliphatic rings. The zero-order valence-electron chi connectivity index (χ0n) is 15.4. The molecular formula is C22H22ClN3O. The normalized spacial score (nSPS) is 10.7. The molecule has 27 heavy (non-hydrogen) atoms. The van der Waals surface area contributed by atoms with Crippen molar-refractivity contribution in [2.45, 2.75) is 26.4 Å². The summed E-state index contributed by atoms with van der Waals surface area (Å²) in [5.74, 6) is 0.659. The molecule has 2 aromatic carbocycles. The van der Waals surface area contributed by atoms with Crippen molar-refractivity contribution < 1.29 is 4.79 Å². The summed E-state index contributed by atoms with van der Waals surface area (Å²) in [6.07, 6.45) is 1.68. The molecule has 1 N–H and O–H groups in total. The fourth-order valence-electron chi connectivity index (χ4n) is 2.77. The van der Waals surface area contributed by atoms with Gasteiger partial charge in [0.1, 0.15) is 5.82 Å². The largest absolute Gasteiger partial charge is 0.350 e. The SMILES string of the molecule is CC(C)N(Cc1ccccc1)c1ccc(NC(=O)c2cccc(Cl)c2)cn1. The highest BCUT2D eigenvalue weighted by molar-refractivity contribution is 6.31. The average Bonchev–Trinajstić information content (AvgIpc) is 2.67. The van der Waals surface area contributed by atoms with E-state index in [2.05, 4.69) is 41.2 Å². The number of pyridine rings is 1. The van der Waals surface area contributed by atoms with Crippen molar-refractivity contribution in [3.63, 3.8) is 0 Å². The maximum Gasteiger partial charge on any atom is 0.255 e. The van der Waals surface area contributed by atoms with Gasteiger partial charge in [-0.05, 0) is 49.7 Å². The molecule has 3 rings (SSSR count). The number of benzene rings is 2. The van der Waals surface area contributed by atoms with E-state index in [0.717, 1.165) is 12.4 Å². The third-order valence-corrected chi connectivity index (χ3v) is 4.44. The van der Waals surface area contributed by atoms with Gasteiger partial charge in [-0.25, -0.2) is 4.98 Å². The van der Waals surface area contributed by atoms with Crippen molar-refractivity contribution in [1.82, 2.24) is 4.98 Å². The van der Waals surface area contributed by atoms with Gasteiger partial charge in [-0.1, -0.05) is 48.0 Å². The summed E-state index contributed by atoms with van der Waals surface area (Å²) in [5.41, 5.74) is 2.39. The molecule has 5 heteroatoms. The molecule has 0 atom stereocenters. The van der Waals surface area contributed by atoms with Gasteiger partial charge in [0.2, 0.25) is 0 Å². The van der Waals surface area contributed by atoms with E-state index >= 15 is 0 Å². The third-order valence-electron chi connectivity index (χ3n) is 4.21. The van der Waals surface area contributed by atoms with Gasteiger partial charge in [0.05, 0.1) is 11.9 Å². The van der Waals surface area contributed by atoms with Gasteiger partial charge in [-0.3, -0.25) is 4.79 Å². The van der Waals surface area contributed by atoms with Crippen LogP contribution in [-0.2, 0) is 6.54 Å². The van der Waals surface area contributed by atoms with E-state index in [1.165, 1.54) is 5.56 Å². The van der Waals surface area contributed by atoms with Crippen LogP contribution in [0.1, 0.15) is 29.8 Å². The molecule has 1 amide bonds. The molecule has 4 nitrogen and oxygen atoms in total. The number of carbonyl (C=O) groups excluding carboxylic acids is 1. The molecule has 0 unspecified atom stereocenters. The topological polar surface area (TPSA) is 45.2 Å². The van der Waals surface area contributed by atoms with Crippen LogP contribution < -0.4 is 10.2 Å². The summed E-state index contributed by atoms with van der Waals surface area (Å²) in [6, 6.07) is 21.2. The standard InChI is InChI=1S/C22H22ClN3O/c1-16(2)26(15-17-7-4-3-5-8-17)21-12-11-20(14-24-21)25-22(27)18-9-6-10-19(23)13-18/h3-14,16H,15H2,1-2H3,(H,25,27). The summed E-state index contributed by atoms with van der Waals surface area (Å²) < 4.78 is 0. The highest BCUT2D eigenvalue weighted by Crippen LogP contribution is 2.20. The molecule has 1 aromatic heterocycles. The molecular weight excluding hydrogens is 358 g/mol. The molecule has 0 bridgehead atoms. The van der Waals surface area contributed by atoms with Crippen molar-refractivity contribution in [2.24, 2.45) is 0 Å².